The average Bonchev–Trinajstić information content (AvgIpc) is 2.63. The van der Waals surface area contributed by atoms with Crippen molar-refractivity contribution in [3.8, 4) is 17.2 Å². The zero-order valence-electron chi connectivity index (χ0n) is 12.4. The summed E-state index contributed by atoms with van der Waals surface area (Å²) in [7, 11) is 0. The predicted molar refractivity (Wildman–Crippen MR) is 91.0 cm³/mol. The lowest BCUT2D eigenvalue weighted by molar-refractivity contribution is 0.102. The molecular formula is C20H14N2O. The predicted octanol–water partition coefficient (Wildman–Crippen LogP) is 4.48. The topological polar surface area (TPSA) is 52.9 Å². The largest absolute Gasteiger partial charge is 0.321 e. The lowest BCUT2D eigenvalue weighted by Gasteiger charge is -2.11. The van der Waals surface area contributed by atoms with Crippen molar-refractivity contribution in [1.29, 1.82) is 5.26 Å². The standard InChI is InChI=1S/C20H14N2O/c21-14-15-10-12-17(13-11-15)20(23)22-19-9-5-4-8-18(19)16-6-2-1-3-7-16/h1-13H,(H,22,23). The molecule has 0 spiro atoms. The van der Waals surface area contributed by atoms with E-state index in [4.69, 9.17) is 5.26 Å². The van der Waals surface area contributed by atoms with Gasteiger partial charge in [0.25, 0.3) is 5.91 Å². The van der Waals surface area contributed by atoms with Crippen molar-refractivity contribution in [1.82, 2.24) is 0 Å². The normalized spacial score (nSPS) is 9.87. The van der Waals surface area contributed by atoms with Crippen molar-refractivity contribution in [2.45, 2.75) is 0 Å². The Balaban J connectivity index is 1.88. The molecule has 0 atom stereocenters. The van der Waals surface area contributed by atoms with Crippen molar-refractivity contribution in [2.24, 2.45) is 0 Å². The molecule has 0 radical (unpaired) electrons. The Morgan fingerprint density at radius 2 is 1.48 bits per heavy atom. The van der Waals surface area contributed by atoms with E-state index in [0.717, 1.165) is 16.8 Å². The third-order valence-corrected chi connectivity index (χ3v) is 3.54. The molecule has 0 aliphatic heterocycles. The lowest BCUT2D eigenvalue weighted by Crippen LogP contribution is -2.12. The van der Waals surface area contributed by atoms with Gasteiger partial charge in [-0.1, -0.05) is 48.5 Å². The number of nitrogens with zero attached hydrogens (tertiary/aromatic N) is 1. The van der Waals surface area contributed by atoms with Crippen molar-refractivity contribution >= 4 is 11.6 Å². The SMILES string of the molecule is N#Cc1ccc(C(=O)Nc2ccccc2-c2ccccc2)cc1. The number of para-hydroxylation sites is 1. The van der Waals surface area contributed by atoms with E-state index in [2.05, 4.69) is 5.32 Å². The van der Waals surface area contributed by atoms with Crippen LogP contribution in [0.15, 0.2) is 78.9 Å². The number of benzene rings is 3. The van der Waals surface area contributed by atoms with Gasteiger partial charge in [-0.3, -0.25) is 4.79 Å². The van der Waals surface area contributed by atoms with Crippen LogP contribution >= 0.6 is 0 Å². The van der Waals surface area contributed by atoms with E-state index in [-0.39, 0.29) is 5.91 Å². The van der Waals surface area contributed by atoms with Crippen molar-refractivity contribution in [3.63, 3.8) is 0 Å². The van der Waals surface area contributed by atoms with Gasteiger partial charge in [-0.15, -0.1) is 0 Å². The highest BCUT2D eigenvalue weighted by atomic mass is 16.1. The van der Waals surface area contributed by atoms with Crippen LogP contribution < -0.4 is 5.32 Å². The van der Waals surface area contributed by atoms with Crippen LogP contribution in [-0.4, -0.2) is 5.91 Å². The molecule has 3 heteroatoms. The van der Waals surface area contributed by atoms with Gasteiger partial charge in [-0.2, -0.15) is 5.26 Å². The van der Waals surface area contributed by atoms with Crippen LogP contribution in [0.1, 0.15) is 15.9 Å². The molecule has 3 aromatic rings. The van der Waals surface area contributed by atoms with Crippen molar-refractivity contribution < 1.29 is 4.79 Å². The molecule has 3 nitrogen and oxygen atoms in total. The Morgan fingerprint density at radius 1 is 0.826 bits per heavy atom. The van der Waals surface area contributed by atoms with E-state index in [0.29, 0.717) is 11.1 Å². The fourth-order valence-corrected chi connectivity index (χ4v) is 2.35. The molecule has 0 saturated carbocycles. The van der Waals surface area contributed by atoms with Gasteiger partial charge in [-0.25, -0.2) is 0 Å². The van der Waals surface area contributed by atoms with Gasteiger partial charge < -0.3 is 5.32 Å². The average molecular weight is 298 g/mol. The molecular weight excluding hydrogens is 284 g/mol. The summed E-state index contributed by atoms with van der Waals surface area (Å²) in [5.74, 6) is -0.196. The van der Waals surface area contributed by atoms with E-state index in [1.54, 1.807) is 24.3 Å². The highest BCUT2D eigenvalue weighted by Gasteiger charge is 2.10. The smallest absolute Gasteiger partial charge is 0.255 e. The number of nitriles is 1. The molecule has 0 unspecified atom stereocenters. The fourth-order valence-electron chi connectivity index (χ4n) is 2.35. The molecule has 0 aliphatic rings. The first-order valence-corrected chi connectivity index (χ1v) is 7.24. The molecule has 0 aliphatic carbocycles. The number of hydrogen-bond donors (Lipinski definition) is 1. The maximum absolute atomic E-state index is 12.4. The third-order valence-electron chi connectivity index (χ3n) is 3.54. The zero-order valence-corrected chi connectivity index (χ0v) is 12.4. The van der Waals surface area contributed by atoms with E-state index >= 15 is 0 Å². The molecule has 110 valence electrons. The second-order valence-corrected chi connectivity index (χ2v) is 5.05. The van der Waals surface area contributed by atoms with Gasteiger partial charge in [0.15, 0.2) is 0 Å². The van der Waals surface area contributed by atoms with Gasteiger partial charge in [0.1, 0.15) is 0 Å². The highest BCUT2D eigenvalue weighted by Crippen LogP contribution is 2.27. The maximum Gasteiger partial charge on any atom is 0.255 e. The molecule has 0 bridgehead atoms. The Hall–Kier alpha value is -3.38. The van der Waals surface area contributed by atoms with Crippen LogP contribution in [0.4, 0.5) is 5.69 Å². The van der Waals surface area contributed by atoms with Crippen LogP contribution in [0.2, 0.25) is 0 Å². The summed E-state index contributed by atoms with van der Waals surface area (Å²) in [6.45, 7) is 0. The molecule has 0 aromatic heterocycles. The summed E-state index contributed by atoms with van der Waals surface area (Å²) in [5.41, 5.74) is 3.82. The summed E-state index contributed by atoms with van der Waals surface area (Å²) in [6, 6.07) is 26.2. The third kappa shape index (κ3) is 3.28. The Bertz CT molecular complexity index is 862. The Morgan fingerprint density at radius 3 is 2.17 bits per heavy atom. The van der Waals surface area contributed by atoms with Crippen LogP contribution in [0, 0.1) is 11.3 Å². The van der Waals surface area contributed by atoms with Crippen LogP contribution in [0.25, 0.3) is 11.1 Å². The summed E-state index contributed by atoms with van der Waals surface area (Å²) in [4.78, 5) is 12.4. The molecule has 3 rings (SSSR count). The molecule has 1 amide bonds. The number of anilines is 1. The molecule has 1 N–H and O–H groups in total. The molecule has 3 aromatic carbocycles. The van der Waals surface area contributed by atoms with Crippen LogP contribution in [0.5, 0.6) is 0 Å². The first-order valence-electron chi connectivity index (χ1n) is 7.24. The summed E-state index contributed by atoms with van der Waals surface area (Å²) in [5, 5.41) is 11.8. The minimum atomic E-state index is -0.196. The summed E-state index contributed by atoms with van der Waals surface area (Å²) in [6.07, 6.45) is 0. The molecule has 0 saturated heterocycles. The first kappa shape index (κ1) is 14.6. The monoisotopic (exact) mass is 298 g/mol. The maximum atomic E-state index is 12.4. The lowest BCUT2D eigenvalue weighted by atomic mass is 10.0. The van der Waals surface area contributed by atoms with Crippen molar-refractivity contribution in [3.05, 3.63) is 90.0 Å². The van der Waals surface area contributed by atoms with E-state index in [9.17, 15) is 4.79 Å². The second kappa shape index (κ2) is 6.59. The quantitative estimate of drug-likeness (QED) is 0.775. The minimum absolute atomic E-state index is 0.196. The van der Waals surface area contributed by atoms with E-state index < -0.39 is 0 Å². The van der Waals surface area contributed by atoms with E-state index in [1.807, 2.05) is 60.7 Å². The van der Waals surface area contributed by atoms with Crippen molar-refractivity contribution in [2.75, 3.05) is 5.32 Å². The van der Waals surface area contributed by atoms with Crippen LogP contribution in [0.3, 0.4) is 0 Å². The Kier molecular flexibility index (Phi) is 4.17. The molecule has 23 heavy (non-hydrogen) atoms. The molecule has 0 fully saturated rings. The summed E-state index contributed by atoms with van der Waals surface area (Å²) < 4.78 is 0. The van der Waals surface area contributed by atoms with Gasteiger partial charge in [0.2, 0.25) is 0 Å². The minimum Gasteiger partial charge on any atom is -0.321 e. The highest BCUT2D eigenvalue weighted by molar-refractivity contribution is 6.06. The number of amides is 1. The fraction of sp³-hybridized carbons (Fsp3) is 0. The number of carbonyl (C=O) groups excluding carboxylic acids is 1. The summed E-state index contributed by atoms with van der Waals surface area (Å²) >= 11 is 0. The Labute approximate surface area is 134 Å². The second-order valence-electron chi connectivity index (χ2n) is 5.05. The van der Waals surface area contributed by atoms with Gasteiger partial charge in [0, 0.05) is 16.8 Å². The number of nitrogens with one attached hydrogen (secondary N) is 1. The van der Waals surface area contributed by atoms with Gasteiger partial charge in [0.05, 0.1) is 11.6 Å². The zero-order chi connectivity index (χ0) is 16.1. The number of rotatable bonds is 3. The van der Waals surface area contributed by atoms with E-state index in [1.165, 1.54) is 0 Å². The first-order chi connectivity index (χ1) is 11.3. The number of hydrogen-bond acceptors (Lipinski definition) is 2. The molecule has 0 heterocycles. The van der Waals surface area contributed by atoms with Gasteiger partial charge in [-0.05, 0) is 35.9 Å². The number of carbonyl (C=O) groups is 1. The van der Waals surface area contributed by atoms with Gasteiger partial charge >= 0.3 is 0 Å². The van der Waals surface area contributed by atoms with Crippen LogP contribution in [-0.2, 0) is 0 Å².